The number of rotatable bonds is 23. The maximum atomic E-state index is 12.6. The second-order valence-corrected chi connectivity index (χ2v) is 17.1. The number of nitrogens with zero attached hydrogens (tertiary/aromatic N) is 8. The molecule has 4 aromatic rings. The van der Waals surface area contributed by atoms with E-state index in [4.69, 9.17) is 18.9 Å². The first kappa shape index (κ1) is 57.4. The third kappa shape index (κ3) is 16.0. The summed E-state index contributed by atoms with van der Waals surface area (Å²) >= 11 is 1.23. The number of carbonyl (C=O) groups excluding carboxylic acids is 10. The topological polar surface area (TPSA) is 384 Å². The van der Waals surface area contributed by atoms with Crippen LogP contribution in [0.25, 0.3) is 0 Å². The van der Waals surface area contributed by atoms with Crippen LogP contribution >= 0.6 is 11.8 Å². The van der Waals surface area contributed by atoms with Gasteiger partial charge in [-0.25, -0.2) is 9.13 Å². The number of amides is 8. The Morgan fingerprint density at radius 2 is 1.08 bits per heavy atom. The Kier molecular flexibility index (Phi) is 19.9. The van der Waals surface area contributed by atoms with Crippen molar-refractivity contribution < 1.29 is 76.7 Å². The van der Waals surface area contributed by atoms with Gasteiger partial charge in [0.2, 0.25) is 35.4 Å². The molecule has 1 unspecified atom stereocenters. The molecule has 1 saturated heterocycles. The van der Waals surface area contributed by atoms with Crippen molar-refractivity contribution in [2.45, 2.75) is 51.9 Å². The monoisotopic (exact) mass is 1080 g/mol. The quantitative estimate of drug-likeness (QED) is 0.0339. The third-order valence-corrected chi connectivity index (χ3v) is 11.5. The van der Waals surface area contributed by atoms with Crippen molar-refractivity contribution in [2.24, 2.45) is 14.1 Å². The van der Waals surface area contributed by atoms with E-state index in [1.807, 2.05) is 0 Å². The van der Waals surface area contributed by atoms with Crippen molar-refractivity contribution in [3.8, 4) is 11.5 Å². The van der Waals surface area contributed by atoms with Crippen LogP contribution in [-0.4, -0.2) is 136 Å². The van der Waals surface area contributed by atoms with Crippen LogP contribution in [-0.2, 0) is 97.9 Å². The van der Waals surface area contributed by atoms with Crippen LogP contribution in [0, 0.1) is 20.2 Å². The van der Waals surface area contributed by atoms with Crippen LogP contribution < -0.4 is 30.7 Å². The van der Waals surface area contributed by atoms with Gasteiger partial charge in [-0.3, -0.25) is 57.7 Å². The minimum absolute atomic E-state index is 0.0202. The molecule has 0 bridgehead atoms. The van der Waals surface area contributed by atoms with E-state index in [0.29, 0.717) is 22.5 Å². The molecule has 0 aliphatic carbocycles. The van der Waals surface area contributed by atoms with Crippen LogP contribution in [0.15, 0.2) is 60.9 Å². The van der Waals surface area contributed by atoms with Crippen LogP contribution in [0.4, 0.5) is 23.3 Å². The molecular weight excluding hydrogens is 1030 g/mol. The van der Waals surface area contributed by atoms with Crippen LogP contribution in [0.3, 0.4) is 0 Å². The fourth-order valence-corrected chi connectivity index (χ4v) is 7.30. The highest BCUT2D eigenvalue weighted by Gasteiger charge is 2.39. The van der Waals surface area contributed by atoms with Gasteiger partial charge in [-0.2, -0.15) is 11.8 Å². The summed E-state index contributed by atoms with van der Waals surface area (Å²) in [6.45, 7) is 0.128. The van der Waals surface area contributed by atoms with E-state index in [1.165, 1.54) is 85.5 Å². The van der Waals surface area contributed by atoms with Gasteiger partial charge < -0.3 is 60.4 Å². The zero-order chi connectivity index (χ0) is 55.8. The molecule has 30 nitrogen and oxygen atoms in total. The first-order chi connectivity index (χ1) is 36.0. The van der Waals surface area contributed by atoms with Gasteiger partial charge in [0.25, 0.3) is 11.8 Å². The Morgan fingerprint density at radius 1 is 0.658 bits per heavy atom. The molecule has 31 heteroatoms. The van der Waals surface area contributed by atoms with Gasteiger partial charge in [0, 0.05) is 32.4 Å². The van der Waals surface area contributed by atoms with Gasteiger partial charge in [0.05, 0.1) is 43.8 Å². The lowest BCUT2D eigenvalue weighted by molar-refractivity contribution is -0.396. The van der Waals surface area contributed by atoms with Crippen LogP contribution in [0.2, 0.25) is 0 Å². The fraction of sp³-hybridized carbons (Fsp3) is 0.333. The molecule has 2 aliphatic rings. The Labute approximate surface area is 433 Å². The van der Waals surface area contributed by atoms with Gasteiger partial charge in [0.15, 0.2) is 11.4 Å². The zero-order valence-corrected chi connectivity index (χ0v) is 41.9. The summed E-state index contributed by atoms with van der Waals surface area (Å²) < 4.78 is 23.9. The summed E-state index contributed by atoms with van der Waals surface area (Å²) in [4.78, 5) is 149. The molecule has 8 amide bonds. The van der Waals surface area contributed by atoms with Crippen LogP contribution in [0.1, 0.15) is 42.8 Å². The summed E-state index contributed by atoms with van der Waals surface area (Å²) in [7, 11) is 2.92. The van der Waals surface area contributed by atoms with Crippen molar-refractivity contribution in [3.05, 3.63) is 104 Å². The third-order valence-electron chi connectivity index (χ3n) is 10.6. The van der Waals surface area contributed by atoms with E-state index in [9.17, 15) is 68.2 Å². The zero-order valence-electron chi connectivity index (χ0n) is 41.0. The molecule has 1 atom stereocenters. The average Bonchev–Trinajstić information content (AvgIpc) is 4.11. The summed E-state index contributed by atoms with van der Waals surface area (Å²) in [6, 6.07) is 9.23. The number of ether oxygens (including phenoxy) is 4. The van der Waals surface area contributed by atoms with E-state index in [2.05, 4.69) is 31.2 Å². The molecule has 402 valence electrons. The number of hydrogen-bond donors (Lipinski definition) is 4. The summed E-state index contributed by atoms with van der Waals surface area (Å²) in [5, 5.41) is 31.3. The molecule has 0 saturated carbocycles. The SMILES string of the molecule is CC(=O)OCc1ccc(OCc2cnc([N+](=O)[O-])n2C)c(NC(=O)CNC(=O)CN2C(=O)C=CC2=O)c1.CSC1CC(=O)N(CC(=O)NCC(=O)Nc2cc(COC(C)=O)ccc2OCc2cnc([N+](=O)[O-])n2C)C1=O. The van der Waals surface area contributed by atoms with Gasteiger partial charge in [-0.15, -0.1) is 0 Å². The standard InChI is InChI=1S/C23H26N6O9S.C22H22N6O9/c1-13(30)37-11-14-4-5-17(38-12-15-8-25-23(27(15)2)29(35)36)16(6-14)26-19(31)9-24-20(32)10-28-21(33)7-18(39-3)22(28)34;1-13(29)36-11-14-3-4-17(37-12-15-8-24-22(26(15)2)28(34)35)16(7-14)25-18(30)9-23-19(31)10-27-20(32)5-6-21(27)33/h4-6,8,18H,7,9-12H2,1-3H3,(H,24,32)(H,26,31);3-8H,9-12H2,1-2H3,(H,23,31)(H,25,30). The minimum atomic E-state index is -0.724. The lowest BCUT2D eigenvalue weighted by Crippen LogP contribution is -2.43. The first-order valence-corrected chi connectivity index (χ1v) is 23.5. The Morgan fingerprint density at radius 3 is 1.45 bits per heavy atom. The van der Waals surface area contributed by atoms with Gasteiger partial charge in [-0.1, -0.05) is 22.1 Å². The largest absolute Gasteiger partial charge is 0.484 e. The number of anilines is 2. The number of thioether (sulfide) groups is 1. The Balaban J connectivity index is 0.000000281. The summed E-state index contributed by atoms with van der Waals surface area (Å²) in [6.07, 6.45) is 6.37. The van der Waals surface area contributed by atoms with E-state index >= 15 is 0 Å². The van der Waals surface area contributed by atoms with Crippen molar-refractivity contribution in [3.63, 3.8) is 0 Å². The maximum Gasteiger partial charge on any atom is 0.434 e. The molecule has 6 rings (SSSR count). The number of hydrogen-bond acceptors (Lipinski definition) is 21. The number of nitrogens with one attached hydrogen (secondary N) is 4. The minimum Gasteiger partial charge on any atom is -0.484 e. The second kappa shape index (κ2) is 26.4. The predicted molar refractivity (Wildman–Crippen MR) is 260 cm³/mol. The number of imide groups is 2. The van der Waals surface area contributed by atoms with Crippen molar-refractivity contribution >= 4 is 94.2 Å². The van der Waals surface area contributed by atoms with Crippen LogP contribution in [0.5, 0.6) is 11.5 Å². The smallest absolute Gasteiger partial charge is 0.434 e. The molecule has 76 heavy (non-hydrogen) atoms. The predicted octanol–water partition coefficient (Wildman–Crippen LogP) is 0.466. The fourth-order valence-electron chi connectivity index (χ4n) is 6.67. The van der Waals surface area contributed by atoms with E-state index in [-0.39, 0.29) is 67.6 Å². The van der Waals surface area contributed by atoms with Crippen molar-refractivity contribution in [1.82, 2.24) is 39.5 Å². The number of likely N-dealkylation sites (tertiary alicyclic amines) is 1. The number of imidazole rings is 2. The number of esters is 2. The maximum absolute atomic E-state index is 12.6. The molecule has 4 heterocycles. The Hall–Kier alpha value is -9.55. The number of carbonyl (C=O) groups is 10. The highest BCUT2D eigenvalue weighted by Crippen LogP contribution is 2.29. The van der Waals surface area contributed by atoms with E-state index in [0.717, 1.165) is 22.0 Å². The molecule has 2 aromatic carbocycles. The van der Waals surface area contributed by atoms with Gasteiger partial charge in [0.1, 0.15) is 63.4 Å². The molecule has 1 fully saturated rings. The normalized spacial score (nSPS) is 13.6. The summed E-state index contributed by atoms with van der Waals surface area (Å²) in [5.74, 6) is -6.22. The molecule has 2 aromatic heterocycles. The first-order valence-electron chi connectivity index (χ1n) is 22.2. The lowest BCUT2D eigenvalue weighted by atomic mass is 10.2. The van der Waals surface area contributed by atoms with Gasteiger partial charge >= 0.3 is 23.8 Å². The van der Waals surface area contributed by atoms with Crippen molar-refractivity contribution in [1.29, 1.82) is 0 Å². The summed E-state index contributed by atoms with van der Waals surface area (Å²) in [5.41, 5.74) is 2.20. The van der Waals surface area contributed by atoms with E-state index < -0.39 is 100 Å². The highest BCUT2D eigenvalue weighted by molar-refractivity contribution is 8.00. The average molecular weight is 1080 g/mol. The molecular formula is C45H48N12O18S. The highest BCUT2D eigenvalue weighted by atomic mass is 32.2. The second-order valence-electron chi connectivity index (χ2n) is 16.0. The lowest BCUT2D eigenvalue weighted by Gasteiger charge is -2.16. The molecule has 0 spiro atoms. The molecule has 0 radical (unpaired) electrons. The molecule has 4 N–H and O–H groups in total. The van der Waals surface area contributed by atoms with Crippen molar-refractivity contribution in [2.75, 3.05) is 43.1 Å². The molecule has 2 aliphatic heterocycles. The van der Waals surface area contributed by atoms with Gasteiger partial charge in [-0.05, 0) is 51.5 Å². The number of benzene rings is 2. The number of nitro groups is 2. The van der Waals surface area contributed by atoms with E-state index in [1.54, 1.807) is 18.4 Å². The number of aromatic nitrogens is 4. The Bertz CT molecular complexity index is 2990.